The number of aryl methyl sites for hydroxylation is 2. The van der Waals surface area contributed by atoms with Crippen molar-refractivity contribution in [3.05, 3.63) is 22.8 Å². The highest BCUT2D eigenvalue weighted by atomic mass is 32.2. The molecule has 0 spiro atoms. The Balaban J connectivity index is 3.69. The van der Waals surface area contributed by atoms with Crippen molar-refractivity contribution in [2.75, 3.05) is 14.2 Å². The first-order chi connectivity index (χ1) is 7.35. The summed E-state index contributed by atoms with van der Waals surface area (Å²) < 4.78 is 33.2. The van der Waals surface area contributed by atoms with Crippen LogP contribution in [0.4, 0.5) is 0 Å². The summed E-state index contributed by atoms with van der Waals surface area (Å²) in [6, 6.07) is 1.81. The molecular weight excluding hydrogens is 228 g/mol. The zero-order valence-electron chi connectivity index (χ0n) is 10.1. The highest BCUT2D eigenvalue weighted by Gasteiger charge is 2.24. The molecule has 0 atom stereocenters. The van der Waals surface area contributed by atoms with Crippen LogP contribution in [0.1, 0.15) is 16.7 Å². The van der Waals surface area contributed by atoms with Crippen LogP contribution in [0.25, 0.3) is 0 Å². The third kappa shape index (κ3) is 2.05. The highest BCUT2D eigenvalue weighted by molar-refractivity contribution is 7.87. The number of benzene rings is 1. The van der Waals surface area contributed by atoms with Gasteiger partial charge in [0, 0.05) is 0 Å². The molecule has 1 rings (SSSR count). The van der Waals surface area contributed by atoms with Gasteiger partial charge in [0.2, 0.25) is 0 Å². The Morgan fingerprint density at radius 1 is 1.06 bits per heavy atom. The van der Waals surface area contributed by atoms with E-state index in [9.17, 15) is 8.42 Å². The van der Waals surface area contributed by atoms with E-state index in [0.29, 0.717) is 11.3 Å². The molecule has 0 N–H and O–H groups in total. The number of methoxy groups -OCH3 is 1. The van der Waals surface area contributed by atoms with Gasteiger partial charge in [0.05, 0.1) is 14.2 Å². The van der Waals surface area contributed by atoms with Crippen molar-refractivity contribution in [2.24, 2.45) is 0 Å². The zero-order chi connectivity index (χ0) is 12.5. The first kappa shape index (κ1) is 13.0. The second-order valence-electron chi connectivity index (χ2n) is 3.62. The Hall–Kier alpha value is -1.07. The first-order valence-electron chi connectivity index (χ1n) is 4.80. The Morgan fingerprint density at radius 2 is 1.62 bits per heavy atom. The molecule has 0 aliphatic carbocycles. The minimum Gasteiger partial charge on any atom is -0.495 e. The lowest BCUT2D eigenvalue weighted by atomic mass is 10.1. The number of ether oxygens (including phenoxy) is 1. The molecule has 0 heterocycles. The van der Waals surface area contributed by atoms with E-state index < -0.39 is 10.1 Å². The van der Waals surface area contributed by atoms with E-state index in [-0.39, 0.29) is 4.90 Å². The minimum atomic E-state index is -3.74. The van der Waals surface area contributed by atoms with Gasteiger partial charge in [-0.2, -0.15) is 8.42 Å². The average Bonchev–Trinajstić information content (AvgIpc) is 2.22. The molecule has 0 saturated heterocycles. The molecule has 0 bridgehead atoms. The number of rotatable bonds is 3. The first-order valence-corrected chi connectivity index (χ1v) is 6.21. The third-order valence-electron chi connectivity index (χ3n) is 2.60. The molecule has 16 heavy (non-hydrogen) atoms. The predicted molar refractivity (Wildman–Crippen MR) is 61.4 cm³/mol. The SMILES string of the molecule is COc1c(C)c(C)cc(C)c1S(=O)(=O)OC. The van der Waals surface area contributed by atoms with E-state index in [1.54, 1.807) is 6.92 Å². The van der Waals surface area contributed by atoms with Gasteiger partial charge in [-0.25, -0.2) is 0 Å². The molecule has 0 radical (unpaired) electrons. The Bertz CT molecular complexity index is 503. The van der Waals surface area contributed by atoms with Crippen molar-refractivity contribution >= 4 is 10.1 Å². The quantitative estimate of drug-likeness (QED) is 0.763. The van der Waals surface area contributed by atoms with E-state index in [1.165, 1.54) is 7.11 Å². The fourth-order valence-corrected chi connectivity index (χ4v) is 2.75. The molecule has 90 valence electrons. The van der Waals surface area contributed by atoms with Gasteiger partial charge in [-0.15, -0.1) is 0 Å². The summed E-state index contributed by atoms with van der Waals surface area (Å²) in [7, 11) is -1.14. The number of hydrogen-bond acceptors (Lipinski definition) is 4. The van der Waals surface area contributed by atoms with Gasteiger partial charge in [-0.3, -0.25) is 4.18 Å². The molecule has 5 heteroatoms. The lowest BCUT2D eigenvalue weighted by Crippen LogP contribution is -2.09. The van der Waals surface area contributed by atoms with Crippen molar-refractivity contribution < 1.29 is 17.3 Å². The van der Waals surface area contributed by atoms with Crippen LogP contribution in [0.3, 0.4) is 0 Å². The second kappa shape index (κ2) is 4.43. The van der Waals surface area contributed by atoms with Gasteiger partial charge in [-0.05, 0) is 37.5 Å². The summed E-state index contributed by atoms with van der Waals surface area (Å²) in [5.74, 6) is 0.361. The Morgan fingerprint density at radius 3 is 2.06 bits per heavy atom. The van der Waals surface area contributed by atoms with Gasteiger partial charge in [0.25, 0.3) is 0 Å². The topological polar surface area (TPSA) is 52.6 Å². The molecule has 0 aromatic heterocycles. The van der Waals surface area contributed by atoms with E-state index in [1.807, 2.05) is 19.9 Å². The largest absolute Gasteiger partial charge is 0.495 e. The van der Waals surface area contributed by atoms with Gasteiger partial charge < -0.3 is 4.74 Å². The van der Waals surface area contributed by atoms with Crippen molar-refractivity contribution in [3.8, 4) is 5.75 Å². The summed E-state index contributed by atoms with van der Waals surface area (Å²) in [4.78, 5) is 0.112. The maximum Gasteiger partial charge on any atom is 0.300 e. The summed E-state index contributed by atoms with van der Waals surface area (Å²) in [5.41, 5.74) is 2.43. The normalized spacial score (nSPS) is 11.6. The van der Waals surface area contributed by atoms with Crippen LogP contribution >= 0.6 is 0 Å². The van der Waals surface area contributed by atoms with Gasteiger partial charge in [0.15, 0.2) is 0 Å². The third-order valence-corrected chi connectivity index (χ3v) is 4.05. The monoisotopic (exact) mass is 244 g/mol. The van der Waals surface area contributed by atoms with Crippen LogP contribution in [0, 0.1) is 20.8 Å². The molecule has 0 aliphatic heterocycles. The summed E-state index contributed by atoms with van der Waals surface area (Å²) in [5, 5.41) is 0. The van der Waals surface area contributed by atoms with Gasteiger partial charge >= 0.3 is 10.1 Å². The summed E-state index contributed by atoms with van der Waals surface area (Å²) >= 11 is 0. The van der Waals surface area contributed by atoms with Crippen molar-refractivity contribution in [1.29, 1.82) is 0 Å². The second-order valence-corrected chi connectivity index (χ2v) is 5.27. The van der Waals surface area contributed by atoms with Gasteiger partial charge in [-0.1, -0.05) is 6.07 Å². The maximum absolute atomic E-state index is 11.8. The average molecular weight is 244 g/mol. The van der Waals surface area contributed by atoms with Crippen LogP contribution in [0.5, 0.6) is 5.75 Å². The fourth-order valence-electron chi connectivity index (χ4n) is 1.67. The summed E-state index contributed by atoms with van der Waals surface area (Å²) in [6.07, 6.45) is 0. The molecule has 0 amide bonds. The van der Waals surface area contributed by atoms with E-state index in [2.05, 4.69) is 4.18 Å². The maximum atomic E-state index is 11.8. The van der Waals surface area contributed by atoms with E-state index in [4.69, 9.17) is 4.74 Å². The molecule has 1 aromatic carbocycles. The van der Waals surface area contributed by atoms with Crippen molar-refractivity contribution in [3.63, 3.8) is 0 Å². The van der Waals surface area contributed by atoms with Crippen molar-refractivity contribution in [2.45, 2.75) is 25.7 Å². The van der Waals surface area contributed by atoms with Crippen molar-refractivity contribution in [1.82, 2.24) is 0 Å². The molecule has 1 aromatic rings. The fraction of sp³-hybridized carbons (Fsp3) is 0.455. The van der Waals surface area contributed by atoms with Crippen LogP contribution in [0.15, 0.2) is 11.0 Å². The lowest BCUT2D eigenvalue weighted by Gasteiger charge is -2.15. The van der Waals surface area contributed by atoms with E-state index >= 15 is 0 Å². The predicted octanol–water partition coefficient (Wildman–Crippen LogP) is 1.96. The molecule has 0 aliphatic rings. The smallest absolute Gasteiger partial charge is 0.300 e. The van der Waals surface area contributed by atoms with E-state index in [0.717, 1.165) is 18.2 Å². The number of hydrogen-bond donors (Lipinski definition) is 0. The molecule has 0 saturated carbocycles. The van der Waals surface area contributed by atoms with Crippen LogP contribution < -0.4 is 4.74 Å². The molecule has 0 unspecified atom stereocenters. The minimum absolute atomic E-state index is 0.112. The van der Waals surface area contributed by atoms with Crippen LogP contribution in [-0.2, 0) is 14.3 Å². The van der Waals surface area contributed by atoms with Crippen LogP contribution in [-0.4, -0.2) is 22.6 Å². The summed E-state index contributed by atoms with van der Waals surface area (Å²) in [6.45, 7) is 5.46. The lowest BCUT2D eigenvalue weighted by molar-refractivity contribution is 0.375. The Labute approximate surface area is 96.3 Å². The Kier molecular flexibility index (Phi) is 3.60. The molecular formula is C11H16O4S. The van der Waals surface area contributed by atoms with Crippen LogP contribution in [0.2, 0.25) is 0 Å². The molecule has 4 nitrogen and oxygen atoms in total. The standard InChI is InChI=1S/C11H16O4S/c1-7-6-8(2)11(16(12,13)15-5)10(14-4)9(7)3/h6H,1-5H3. The van der Waals surface area contributed by atoms with Gasteiger partial charge in [0.1, 0.15) is 10.6 Å². The zero-order valence-corrected chi connectivity index (χ0v) is 10.9. The molecule has 0 fully saturated rings. The highest BCUT2D eigenvalue weighted by Crippen LogP contribution is 2.33.